The number of rotatable bonds is 5. The minimum atomic E-state index is -3.23. The molecule has 0 aliphatic carbocycles. The molecule has 0 unspecified atom stereocenters. The molecule has 2 rings (SSSR count). The first-order chi connectivity index (χ1) is 11.4. The zero-order valence-corrected chi connectivity index (χ0v) is 20.3. The molecule has 1 fully saturated rings. The minimum absolute atomic E-state index is 0.292. The first-order valence-corrected chi connectivity index (χ1v) is 20.8. The summed E-state index contributed by atoms with van der Waals surface area (Å²) in [7, 11) is -3.23. The zero-order chi connectivity index (χ0) is 19.0. The molecule has 0 amide bonds. The van der Waals surface area contributed by atoms with Crippen molar-refractivity contribution in [2.45, 2.75) is 52.8 Å². The third-order valence-electron chi connectivity index (χ3n) is 5.20. The van der Waals surface area contributed by atoms with E-state index in [0.29, 0.717) is 19.3 Å². The average Bonchev–Trinajstić information content (AvgIpc) is 2.52. The molecular weight excluding hydrogens is 443 g/mol. The topological polar surface area (TPSA) is 59.5 Å². The van der Waals surface area contributed by atoms with Crippen LogP contribution in [-0.4, -0.2) is 63.8 Å². The Kier molecular flexibility index (Phi) is 6.16. The Hall–Kier alpha value is -0.341. The van der Waals surface area contributed by atoms with Gasteiger partial charge in [-0.05, 0) is 0 Å². The van der Waals surface area contributed by atoms with Gasteiger partial charge in [0.15, 0.2) is 0 Å². The Labute approximate surface area is 157 Å². The van der Waals surface area contributed by atoms with Gasteiger partial charge in [0.05, 0.1) is 0 Å². The SMILES string of the molecule is CC[C@H]1COCCN1c1cc(C(C)(C)S(C)(=O)=O)c[c]([Sn]([CH3])([CH3])[CH3])n1. The monoisotopic (exact) mass is 476 g/mol. The van der Waals surface area contributed by atoms with Crippen molar-refractivity contribution in [2.24, 2.45) is 0 Å². The summed E-state index contributed by atoms with van der Waals surface area (Å²) in [4.78, 5) is 14.2. The molecule has 1 aliphatic heterocycles. The van der Waals surface area contributed by atoms with Crippen LogP contribution in [0.3, 0.4) is 0 Å². The van der Waals surface area contributed by atoms with Gasteiger partial charge in [0.25, 0.3) is 0 Å². The van der Waals surface area contributed by atoms with Crippen molar-refractivity contribution in [3.63, 3.8) is 0 Å². The molecule has 5 nitrogen and oxygen atoms in total. The third-order valence-corrected chi connectivity index (χ3v) is 12.4. The van der Waals surface area contributed by atoms with E-state index in [1.165, 1.54) is 6.26 Å². The van der Waals surface area contributed by atoms with Gasteiger partial charge < -0.3 is 0 Å². The van der Waals surface area contributed by atoms with E-state index in [-0.39, 0.29) is 0 Å². The van der Waals surface area contributed by atoms with Crippen molar-refractivity contribution in [1.82, 2.24) is 4.98 Å². The van der Waals surface area contributed by atoms with Crippen LogP contribution in [-0.2, 0) is 19.3 Å². The fraction of sp³-hybridized carbons (Fsp3) is 0.722. The number of nitrogens with zero attached hydrogens (tertiary/aromatic N) is 2. The van der Waals surface area contributed by atoms with E-state index in [2.05, 4.69) is 26.6 Å². The summed E-state index contributed by atoms with van der Waals surface area (Å²) in [5.74, 6) is 0.908. The Morgan fingerprint density at radius 2 is 1.96 bits per heavy atom. The summed E-state index contributed by atoms with van der Waals surface area (Å²) in [5, 5.41) is 0. The molecule has 1 saturated heterocycles. The van der Waals surface area contributed by atoms with E-state index in [1.807, 2.05) is 12.1 Å². The van der Waals surface area contributed by atoms with Crippen molar-refractivity contribution in [3.8, 4) is 0 Å². The fourth-order valence-electron chi connectivity index (χ4n) is 2.90. The first-order valence-electron chi connectivity index (χ1n) is 8.95. The molecule has 1 aliphatic rings. The number of ether oxygens (including phenoxy) is 1. The van der Waals surface area contributed by atoms with Crippen LogP contribution in [0.2, 0.25) is 14.8 Å². The van der Waals surface area contributed by atoms with E-state index in [1.54, 1.807) is 13.8 Å². The van der Waals surface area contributed by atoms with Crippen LogP contribution < -0.4 is 8.61 Å². The summed E-state index contributed by atoms with van der Waals surface area (Å²) in [6, 6.07) is 4.32. The van der Waals surface area contributed by atoms with Crippen molar-refractivity contribution < 1.29 is 13.2 Å². The van der Waals surface area contributed by atoms with Gasteiger partial charge in [-0.3, -0.25) is 0 Å². The quantitative estimate of drug-likeness (QED) is 0.613. The van der Waals surface area contributed by atoms with Gasteiger partial charge in [-0.25, -0.2) is 0 Å². The molecule has 0 bridgehead atoms. The Morgan fingerprint density at radius 1 is 1.32 bits per heavy atom. The summed E-state index contributed by atoms with van der Waals surface area (Å²) in [6.45, 7) is 7.92. The molecule has 0 radical (unpaired) electrons. The van der Waals surface area contributed by atoms with Crippen LogP contribution in [0.4, 0.5) is 5.82 Å². The Morgan fingerprint density at radius 3 is 2.48 bits per heavy atom. The van der Waals surface area contributed by atoms with E-state index in [4.69, 9.17) is 9.72 Å². The zero-order valence-electron chi connectivity index (χ0n) is 16.6. The van der Waals surface area contributed by atoms with Crippen molar-refractivity contribution in [2.75, 3.05) is 30.9 Å². The van der Waals surface area contributed by atoms with Gasteiger partial charge in [-0.1, -0.05) is 0 Å². The maximum absolute atomic E-state index is 12.4. The van der Waals surface area contributed by atoms with Gasteiger partial charge in [0.2, 0.25) is 0 Å². The second-order valence-electron chi connectivity index (χ2n) is 8.46. The van der Waals surface area contributed by atoms with E-state index >= 15 is 0 Å². The predicted molar refractivity (Wildman–Crippen MR) is 107 cm³/mol. The molecule has 0 aromatic carbocycles. The number of sulfone groups is 1. The summed E-state index contributed by atoms with van der Waals surface area (Å²) in [5.41, 5.74) is 0.850. The summed E-state index contributed by atoms with van der Waals surface area (Å²) >= 11 is -2.48. The Bertz CT molecular complexity index is 726. The Balaban J connectivity index is 2.63. The van der Waals surface area contributed by atoms with Crippen LogP contribution in [0.1, 0.15) is 32.8 Å². The number of morpholine rings is 1. The van der Waals surface area contributed by atoms with Crippen LogP contribution in [0.5, 0.6) is 0 Å². The van der Waals surface area contributed by atoms with Gasteiger partial charge in [-0.15, -0.1) is 0 Å². The van der Waals surface area contributed by atoms with E-state index < -0.39 is 33.0 Å². The molecule has 0 spiro atoms. The molecule has 142 valence electrons. The normalized spacial score (nSPS) is 20.0. The standard InChI is InChI=1S/C15H23N2O3S.3CH3.Sn/c1-5-13-11-20-9-8-17(13)14-10-12(6-7-16-14)15(2,3)21(4,18)19;;;;/h6,10,13H,5,8-9,11H2,1-4H3;3*1H3;/t13-;;;;/m0..../s1. The number of aromatic nitrogens is 1. The van der Waals surface area contributed by atoms with E-state index in [0.717, 1.165) is 28.1 Å². The van der Waals surface area contributed by atoms with Crippen molar-refractivity contribution in [3.05, 3.63) is 17.7 Å². The maximum atomic E-state index is 12.4. The average molecular weight is 475 g/mol. The van der Waals surface area contributed by atoms with Gasteiger partial charge in [0, 0.05) is 0 Å². The fourth-order valence-corrected chi connectivity index (χ4v) is 6.41. The second-order valence-corrected chi connectivity index (χ2v) is 25.3. The first kappa shape index (κ1) is 21.0. The van der Waals surface area contributed by atoms with Crippen molar-refractivity contribution in [1.29, 1.82) is 0 Å². The molecule has 7 heteroatoms. The van der Waals surface area contributed by atoms with Crippen molar-refractivity contribution >= 4 is 37.7 Å². The molecular formula is C18H32N2O3SSn. The molecule has 1 atom stereocenters. The van der Waals surface area contributed by atoms with Crippen LogP contribution in [0.25, 0.3) is 0 Å². The van der Waals surface area contributed by atoms with Crippen LogP contribution in [0.15, 0.2) is 12.1 Å². The molecule has 25 heavy (non-hydrogen) atoms. The van der Waals surface area contributed by atoms with Gasteiger partial charge in [0.1, 0.15) is 0 Å². The summed E-state index contributed by atoms with van der Waals surface area (Å²) in [6.07, 6.45) is 2.30. The molecule has 0 N–H and O–H groups in total. The summed E-state index contributed by atoms with van der Waals surface area (Å²) < 4.78 is 30.6. The molecule has 1 aromatic heterocycles. The predicted octanol–water partition coefficient (Wildman–Crippen LogP) is 2.52. The number of hydrogen-bond acceptors (Lipinski definition) is 5. The number of pyridine rings is 1. The van der Waals surface area contributed by atoms with Crippen LogP contribution >= 0.6 is 0 Å². The molecule has 1 aromatic rings. The van der Waals surface area contributed by atoms with E-state index in [9.17, 15) is 8.42 Å². The number of anilines is 1. The molecule has 2 heterocycles. The second kappa shape index (κ2) is 7.35. The number of hydrogen-bond donors (Lipinski definition) is 0. The van der Waals surface area contributed by atoms with Gasteiger partial charge >= 0.3 is 157 Å². The van der Waals surface area contributed by atoms with Crippen LogP contribution in [0, 0.1) is 0 Å². The molecule has 0 saturated carbocycles. The van der Waals surface area contributed by atoms with Gasteiger partial charge in [-0.2, -0.15) is 0 Å². The third kappa shape index (κ3) is 4.50.